The summed E-state index contributed by atoms with van der Waals surface area (Å²) in [5.74, 6) is 0.585. The van der Waals surface area contributed by atoms with Crippen LogP contribution >= 0.6 is 0 Å². The van der Waals surface area contributed by atoms with Crippen molar-refractivity contribution in [3.63, 3.8) is 0 Å². The van der Waals surface area contributed by atoms with Crippen LogP contribution in [0.2, 0.25) is 0 Å². The average molecular weight is 140 g/mol. The normalized spacial score (nSPS) is 35.7. The molecule has 1 heterocycles. The second-order valence-electron chi connectivity index (χ2n) is 3.44. The molecule has 0 aromatic carbocycles. The monoisotopic (exact) mass is 140 g/mol. The number of amides is 1. The van der Waals surface area contributed by atoms with Gasteiger partial charge in [-0.2, -0.15) is 0 Å². The number of carbonyl (C=O) groups excluding carboxylic acids is 1. The molecule has 1 aliphatic carbocycles. The number of hydrogen-bond donors (Lipinski definition) is 2. The maximum absolute atomic E-state index is 10.8. The highest BCUT2D eigenvalue weighted by molar-refractivity contribution is 5.78. The fraction of sp³-hybridized carbons (Fsp3) is 0.857. The Morgan fingerprint density at radius 1 is 1.60 bits per heavy atom. The van der Waals surface area contributed by atoms with Crippen LogP contribution in [0.1, 0.15) is 19.3 Å². The second kappa shape index (κ2) is 1.72. The van der Waals surface area contributed by atoms with E-state index in [1.54, 1.807) is 0 Å². The Labute approximate surface area is 60.0 Å². The lowest BCUT2D eigenvalue weighted by molar-refractivity contribution is -0.119. The van der Waals surface area contributed by atoms with Crippen molar-refractivity contribution in [1.29, 1.82) is 0 Å². The van der Waals surface area contributed by atoms with Crippen LogP contribution in [0.5, 0.6) is 0 Å². The SMILES string of the molecule is NC1([C@@H]2CNC(=O)C2)CC1. The van der Waals surface area contributed by atoms with Crippen molar-refractivity contribution in [3.05, 3.63) is 0 Å². The van der Waals surface area contributed by atoms with Crippen LogP contribution in [0.4, 0.5) is 0 Å². The molecule has 1 saturated carbocycles. The van der Waals surface area contributed by atoms with E-state index in [4.69, 9.17) is 5.73 Å². The van der Waals surface area contributed by atoms with Crippen LogP contribution in [-0.4, -0.2) is 18.0 Å². The minimum atomic E-state index is 0.0269. The van der Waals surface area contributed by atoms with Gasteiger partial charge in [0.25, 0.3) is 0 Å². The summed E-state index contributed by atoms with van der Waals surface area (Å²) in [4.78, 5) is 10.8. The van der Waals surface area contributed by atoms with E-state index >= 15 is 0 Å². The lowest BCUT2D eigenvalue weighted by Crippen LogP contribution is -2.33. The molecule has 3 heteroatoms. The van der Waals surface area contributed by atoms with Gasteiger partial charge in [-0.3, -0.25) is 4.79 Å². The van der Waals surface area contributed by atoms with E-state index in [-0.39, 0.29) is 11.4 Å². The lowest BCUT2D eigenvalue weighted by Gasteiger charge is -2.14. The van der Waals surface area contributed by atoms with Gasteiger partial charge in [-0.25, -0.2) is 0 Å². The third kappa shape index (κ3) is 0.814. The predicted molar refractivity (Wildman–Crippen MR) is 37.3 cm³/mol. The Kier molecular flexibility index (Phi) is 1.06. The summed E-state index contributed by atoms with van der Waals surface area (Å²) in [7, 11) is 0. The Balaban J connectivity index is 2.01. The van der Waals surface area contributed by atoms with Gasteiger partial charge in [0.2, 0.25) is 5.91 Å². The van der Waals surface area contributed by atoms with Crippen LogP contribution in [-0.2, 0) is 4.79 Å². The zero-order valence-corrected chi connectivity index (χ0v) is 5.89. The molecule has 1 amide bonds. The van der Waals surface area contributed by atoms with Crippen LogP contribution in [0.15, 0.2) is 0 Å². The standard InChI is InChI=1S/C7H12N2O/c8-7(1-2-7)5-3-6(10)9-4-5/h5H,1-4,8H2,(H,9,10)/t5-/m0/s1. The number of nitrogens with one attached hydrogen (secondary N) is 1. The van der Waals surface area contributed by atoms with Gasteiger partial charge in [0, 0.05) is 24.4 Å². The Morgan fingerprint density at radius 3 is 2.70 bits per heavy atom. The van der Waals surface area contributed by atoms with Gasteiger partial charge in [-0.05, 0) is 12.8 Å². The molecule has 0 bridgehead atoms. The van der Waals surface area contributed by atoms with Gasteiger partial charge >= 0.3 is 0 Å². The molecule has 0 unspecified atom stereocenters. The second-order valence-corrected chi connectivity index (χ2v) is 3.44. The number of carbonyl (C=O) groups is 1. The van der Waals surface area contributed by atoms with Gasteiger partial charge in [0.1, 0.15) is 0 Å². The van der Waals surface area contributed by atoms with Crippen molar-refractivity contribution in [2.45, 2.75) is 24.8 Å². The first kappa shape index (κ1) is 6.16. The van der Waals surface area contributed by atoms with E-state index in [2.05, 4.69) is 5.32 Å². The number of nitrogens with two attached hydrogens (primary N) is 1. The Bertz CT molecular complexity index is 174. The molecule has 1 aliphatic heterocycles. The van der Waals surface area contributed by atoms with Crippen molar-refractivity contribution in [3.8, 4) is 0 Å². The summed E-state index contributed by atoms with van der Waals surface area (Å²) in [6.45, 7) is 0.801. The number of hydrogen-bond acceptors (Lipinski definition) is 2. The third-order valence-corrected chi connectivity index (χ3v) is 2.62. The molecule has 0 spiro atoms. The third-order valence-electron chi connectivity index (χ3n) is 2.62. The average Bonchev–Trinajstić information content (AvgIpc) is 2.45. The predicted octanol–water partition coefficient (Wildman–Crippen LogP) is -0.386. The quantitative estimate of drug-likeness (QED) is 0.521. The summed E-state index contributed by atoms with van der Waals surface area (Å²) in [5.41, 5.74) is 5.95. The van der Waals surface area contributed by atoms with E-state index < -0.39 is 0 Å². The maximum Gasteiger partial charge on any atom is 0.220 e. The van der Waals surface area contributed by atoms with Gasteiger partial charge in [-0.15, -0.1) is 0 Å². The summed E-state index contributed by atoms with van der Waals surface area (Å²) in [6.07, 6.45) is 2.86. The van der Waals surface area contributed by atoms with Crippen LogP contribution in [0.3, 0.4) is 0 Å². The summed E-state index contributed by atoms with van der Waals surface area (Å²) < 4.78 is 0. The zero-order chi connectivity index (χ0) is 7.19. The minimum Gasteiger partial charge on any atom is -0.356 e. The molecular formula is C7H12N2O. The fourth-order valence-electron chi connectivity index (χ4n) is 1.56. The molecule has 10 heavy (non-hydrogen) atoms. The molecule has 2 aliphatic rings. The molecule has 1 atom stereocenters. The minimum absolute atomic E-state index is 0.0269. The molecule has 0 radical (unpaired) electrons. The fourth-order valence-corrected chi connectivity index (χ4v) is 1.56. The highest BCUT2D eigenvalue weighted by Gasteiger charge is 2.48. The molecular weight excluding hydrogens is 128 g/mol. The van der Waals surface area contributed by atoms with Gasteiger partial charge in [0.15, 0.2) is 0 Å². The lowest BCUT2D eigenvalue weighted by atomic mass is 9.97. The van der Waals surface area contributed by atoms with Crippen LogP contribution < -0.4 is 11.1 Å². The zero-order valence-electron chi connectivity index (χ0n) is 5.89. The first-order chi connectivity index (χ1) is 4.71. The van der Waals surface area contributed by atoms with Gasteiger partial charge in [-0.1, -0.05) is 0 Å². The highest BCUT2D eigenvalue weighted by atomic mass is 16.1. The Hall–Kier alpha value is -0.570. The van der Waals surface area contributed by atoms with Crippen LogP contribution in [0.25, 0.3) is 0 Å². The molecule has 0 aromatic rings. The Morgan fingerprint density at radius 2 is 2.30 bits per heavy atom. The van der Waals surface area contributed by atoms with Crippen molar-refractivity contribution >= 4 is 5.91 Å². The van der Waals surface area contributed by atoms with E-state index in [0.717, 1.165) is 19.4 Å². The highest BCUT2D eigenvalue weighted by Crippen LogP contribution is 2.42. The van der Waals surface area contributed by atoms with E-state index in [9.17, 15) is 4.79 Å². The van der Waals surface area contributed by atoms with E-state index in [0.29, 0.717) is 12.3 Å². The van der Waals surface area contributed by atoms with Crippen molar-refractivity contribution < 1.29 is 4.79 Å². The molecule has 0 aromatic heterocycles. The maximum atomic E-state index is 10.8. The molecule has 56 valence electrons. The van der Waals surface area contributed by atoms with E-state index in [1.807, 2.05) is 0 Å². The summed E-state index contributed by atoms with van der Waals surface area (Å²) in [5, 5.41) is 2.80. The smallest absolute Gasteiger partial charge is 0.220 e. The van der Waals surface area contributed by atoms with Crippen molar-refractivity contribution in [2.75, 3.05) is 6.54 Å². The topological polar surface area (TPSA) is 55.1 Å². The molecule has 1 saturated heterocycles. The van der Waals surface area contributed by atoms with Gasteiger partial charge < -0.3 is 11.1 Å². The summed E-state index contributed by atoms with van der Waals surface area (Å²) >= 11 is 0. The van der Waals surface area contributed by atoms with E-state index in [1.165, 1.54) is 0 Å². The largest absolute Gasteiger partial charge is 0.356 e. The molecule has 2 fully saturated rings. The first-order valence-corrected chi connectivity index (χ1v) is 3.76. The number of rotatable bonds is 1. The van der Waals surface area contributed by atoms with Crippen molar-refractivity contribution in [2.24, 2.45) is 11.7 Å². The van der Waals surface area contributed by atoms with Crippen molar-refractivity contribution in [1.82, 2.24) is 5.32 Å². The van der Waals surface area contributed by atoms with Gasteiger partial charge in [0.05, 0.1) is 0 Å². The van der Waals surface area contributed by atoms with Crippen LogP contribution in [0, 0.1) is 5.92 Å². The first-order valence-electron chi connectivity index (χ1n) is 3.76. The molecule has 3 nitrogen and oxygen atoms in total. The summed E-state index contributed by atoms with van der Waals surface area (Å²) in [6, 6.07) is 0. The molecule has 3 N–H and O–H groups in total. The molecule has 2 rings (SSSR count).